The van der Waals surface area contributed by atoms with Crippen LogP contribution in [0.15, 0.2) is 0 Å². The van der Waals surface area contributed by atoms with Gasteiger partial charge in [0.2, 0.25) is 0 Å². The van der Waals surface area contributed by atoms with E-state index in [1.165, 1.54) is 0 Å². The van der Waals surface area contributed by atoms with Crippen molar-refractivity contribution in [3.05, 3.63) is 0 Å². The summed E-state index contributed by atoms with van der Waals surface area (Å²) >= 11 is 0. The fourth-order valence-corrected chi connectivity index (χ4v) is 0. The first-order valence-electron chi connectivity index (χ1n) is 1.22. The third kappa shape index (κ3) is 896. The van der Waals surface area contributed by atoms with Gasteiger partial charge in [-0.15, -0.1) is 0 Å². The van der Waals surface area contributed by atoms with Gasteiger partial charge in [0.15, 0.2) is 0 Å². The Balaban J connectivity index is -0.00000000800. The van der Waals surface area contributed by atoms with Gasteiger partial charge in [-0.1, -0.05) is 0 Å². The molecule has 0 saturated heterocycles. The van der Waals surface area contributed by atoms with Crippen LogP contribution in [-0.2, 0) is 8.92 Å². The quantitative estimate of drug-likeness (QED) is 0.399. The summed E-state index contributed by atoms with van der Waals surface area (Å²) in [7, 11) is -7.26. The summed E-state index contributed by atoms with van der Waals surface area (Å²) < 4.78 is 17.0. The fraction of sp³-hybridized carbons (Fsp3) is 0. The average Bonchev–Trinajstić information content (AvgIpc) is 1.25. The van der Waals surface area contributed by atoms with E-state index in [1.807, 2.05) is 0 Å². The van der Waals surface area contributed by atoms with E-state index in [2.05, 4.69) is 0 Å². The van der Waals surface area contributed by atoms with E-state index < -0.39 is 18.3 Å². The van der Waals surface area contributed by atoms with Crippen molar-refractivity contribution < 1.29 is 37.5 Å². The van der Waals surface area contributed by atoms with E-state index in [0.717, 1.165) is 0 Å². The van der Waals surface area contributed by atoms with Crippen molar-refractivity contribution in [2.24, 2.45) is 0 Å². The normalized spacial score (nSPS) is 3.69. The standard InChI is InChI=1S/2FH.3Mg.2O3Si/c;;;;;2*1-4(2)3/h2*1H;;;;;/q;;3*+2;2*-2/p-2. The first-order chi connectivity index (χ1) is 3.46. The number of halogens is 2. The largest absolute Gasteiger partial charge is 2.00 e. The predicted octanol–water partition coefficient (Wildman–Crippen LogP) is -12.9. The molecule has 0 aliphatic rings. The molecular weight excluding hydrogens is 263 g/mol. The molecule has 0 aromatic rings. The Hall–Kier alpha value is 1.39. The predicted molar refractivity (Wildman–Crippen MR) is 30.1 cm³/mol. The first kappa shape index (κ1) is 47.2. The summed E-state index contributed by atoms with van der Waals surface area (Å²) in [6.45, 7) is 0. The fourth-order valence-electron chi connectivity index (χ4n) is 0. The van der Waals surface area contributed by atoms with Gasteiger partial charge in [-0.25, -0.2) is 0 Å². The molecule has 64 valence electrons. The molecule has 0 radical (unpaired) electrons. The van der Waals surface area contributed by atoms with Crippen LogP contribution in [0, 0.1) is 0 Å². The smallest absolute Gasteiger partial charge is 1.00 e. The molecule has 0 aliphatic heterocycles. The van der Waals surface area contributed by atoms with E-state index in [9.17, 15) is 0 Å². The minimum Gasteiger partial charge on any atom is -1.00 e. The van der Waals surface area contributed by atoms with Crippen LogP contribution in [0.1, 0.15) is 0 Å². The van der Waals surface area contributed by atoms with Crippen LogP contribution in [0.25, 0.3) is 0 Å². The molecular formula is F2Mg3O6Si2. The SMILES string of the molecule is O=[Si]([O-])[O-].O=[Si]([O-])[O-].[F-].[F-].[Mg+2].[Mg+2].[Mg+2]. The second-order valence-electron chi connectivity index (χ2n) is 0.500. The molecule has 0 aromatic heterocycles. The minimum atomic E-state index is -3.63. The van der Waals surface area contributed by atoms with E-state index in [1.54, 1.807) is 0 Å². The Morgan fingerprint density at radius 2 is 0.615 bits per heavy atom. The molecule has 0 amide bonds. The Morgan fingerprint density at radius 1 is 0.615 bits per heavy atom. The summed E-state index contributed by atoms with van der Waals surface area (Å²) in [5, 5.41) is 0. The van der Waals surface area contributed by atoms with Gasteiger partial charge < -0.3 is 37.5 Å². The zero-order valence-corrected chi connectivity index (χ0v) is 12.6. The zero-order valence-electron chi connectivity index (χ0n) is 6.33. The summed E-state index contributed by atoms with van der Waals surface area (Å²) in [6.07, 6.45) is 0. The van der Waals surface area contributed by atoms with Gasteiger partial charge in [0.05, 0.1) is 0 Å². The van der Waals surface area contributed by atoms with Crippen LogP contribution in [0.3, 0.4) is 0 Å². The van der Waals surface area contributed by atoms with Crippen molar-refractivity contribution in [3.63, 3.8) is 0 Å². The maximum atomic E-state index is 8.52. The van der Waals surface area contributed by atoms with E-state index >= 15 is 0 Å². The van der Waals surface area contributed by atoms with Gasteiger partial charge in [0, 0.05) is 18.3 Å². The summed E-state index contributed by atoms with van der Waals surface area (Å²) in [4.78, 5) is 34.1. The maximum Gasteiger partial charge on any atom is 2.00 e. The van der Waals surface area contributed by atoms with Gasteiger partial charge in [-0.3, -0.25) is 0 Å². The maximum absolute atomic E-state index is 8.52. The van der Waals surface area contributed by atoms with E-state index in [4.69, 9.17) is 28.1 Å². The molecule has 13 heavy (non-hydrogen) atoms. The van der Waals surface area contributed by atoms with Crippen molar-refractivity contribution in [2.75, 3.05) is 0 Å². The summed E-state index contributed by atoms with van der Waals surface area (Å²) in [6, 6.07) is 0. The number of rotatable bonds is 0. The van der Waals surface area contributed by atoms with Crippen molar-refractivity contribution >= 4 is 87.5 Å². The average molecular weight is 263 g/mol. The number of hydrogen-bond acceptors (Lipinski definition) is 6. The van der Waals surface area contributed by atoms with Crippen LogP contribution in [0.5, 0.6) is 0 Å². The van der Waals surface area contributed by atoms with Crippen molar-refractivity contribution in [1.29, 1.82) is 0 Å². The molecule has 0 aliphatic carbocycles. The monoisotopic (exact) mass is 262 g/mol. The van der Waals surface area contributed by atoms with Crippen LogP contribution >= 0.6 is 0 Å². The third-order valence-electron chi connectivity index (χ3n) is 0. The Kier molecular flexibility index (Phi) is 137. The Morgan fingerprint density at radius 3 is 0.615 bits per heavy atom. The molecule has 6 nitrogen and oxygen atoms in total. The summed E-state index contributed by atoms with van der Waals surface area (Å²) in [5.74, 6) is 0. The van der Waals surface area contributed by atoms with Crippen LogP contribution < -0.4 is 28.6 Å². The Bertz CT molecular complexity index is 81.9. The van der Waals surface area contributed by atoms with Gasteiger partial charge in [0.25, 0.3) is 0 Å². The van der Waals surface area contributed by atoms with Gasteiger partial charge in [-0.2, -0.15) is 0 Å². The zero-order chi connectivity index (χ0) is 7.15. The van der Waals surface area contributed by atoms with Crippen LogP contribution in [-0.4, -0.2) is 87.5 Å². The van der Waals surface area contributed by atoms with Crippen LogP contribution in [0.4, 0.5) is 0 Å². The second kappa shape index (κ2) is 37.6. The topological polar surface area (TPSA) is 126 Å². The van der Waals surface area contributed by atoms with Crippen LogP contribution in [0.2, 0.25) is 0 Å². The first-order valence-corrected chi connectivity index (χ1v) is 3.67. The second-order valence-corrected chi connectivity index (χ2v) is 1.50. The molecule has 0 heterocycles. The molecule has 0 rings (SSSR count). The molecule has 0 atom stereocenters. The van der Waals surface area contributed by atoms with Crippen molar-refractivity contribution in [1.82, 2.24) is 0 Å². The molecule has 0 saturated carbocycles. The molecule has 13 heteroatoms. The molecule has 0 fully saturated rings. The molecule has 0 aromatic carbocycles. The van der Waals surface area contributed by atoms with Gasteiger partial charge in [-0.05, 0) is 0 Å². The molecule has 0 bridgehead atoms. The van der Waals surface area contributed by atoms with Crippen molar-refractivity contribution in [3.8, 4) is 0 Å². The molecule has 0 unspecified atom stereocenters. The van der Waals surface area contributed by atoms with E-state index in [0.29, 0.717) is 0 Å². The summed E-state index contributed by atoms with van der Waals surface area (Å²) in [5.41, 5.74) is 0. The molecule has 0 N–H and O–H groups in total. The number of hydrogen-bond donors (Lipinski definition) is 0. The molecule has 0 spiro atoms. The van der Waals surface area contributed by atoms with Gasteiger partial charge >= 0.3 is 69.2 Å². The van der Waals surface area contributed by atoms with Gasteiger partial charge in [0.1, 0.15) is 0 Å². The third-order valence-corrected chi connectivity index (χ3v) is 0. The minimum absolute atomic E-state index is 0. The van der Waals surface area contributed by atoms with Crippen molar-refractivity contribution in [2.45, 2.75) is 0 Å². The van der Waals surface area contributed by atoms with E-state index in [-0.39, 0.29) is 78.6 Å². The Labute approximate surface area is 124 Å².